The number of ketones is 2. The standard InChI is InChI=1S/C22H19N3O4/c1-12-19-15(21(26)14-6-5-9-18(28-2)20(14)22(19)27)10-13(29-12)11-25-17-8-4-3-7-16(17)23-24-25/h3-9,12-13H,10-11H2,1-2H3/t12-,13-/m1/s1. The highest BCUT2D eigenvalue weighted by molar-refractivity contribution is 6.28. The van der Waals surface area contributed by atoms with Gasteiger partial charge in [0.2, 0.25) is 0 Å². The van der Waals surface area contributed by atoms with Gasteiger partial charge in [-0.2, -0.15) is 0 Å². The fourth-order valence-corrected chi connectivity index (χ4v) is 4.30. The lowest BCUT2D eigenvalue weighted by Crippen LogP contribution is -2.39. The number of fused-ring (bicyclic) bond motifs is 2. The topological polar surface area (TPSA) is 83.3 Å². The van der Waals surface area contributed by atoms with Crippen molar-refractivity contribution >= 4 is 22.6 Å². The van der Waals surface area contributed by atoms with Crippen LogP contribution in [-0.4, -0.2) is 45.9 Å². The van der Waals surface area contributed by atoms with E-state index < -0.39 is 6.10 Å². The highest BCUT2D eigenvalue weighted by atomic mass is 16.5. The van der Waals surface area contributed by atoms with E-state index in [1.165, 1.54) is 7.11 Å². The van der Waals surface area contributed by atoms with Crippen LogP contribution in [0, 0.1) is 0 Å². The van der Waals surface area contributed by atoms with Crippen molar-refractivity contribution in [2.45, 2.75) is 32.1 Å². The molecule has 1 aliphatic carbocycles. The molecule has 7 heteroatoms. The van der Waals surface area contributed by atoms with Gasteiger partial charge in [0.15, 0.2) is 11.6 Å². The minimum Gasteiger partial charge on any atom is -0.496 e. The first-order chi connectivity index (χ1) is 14.1. The molecule has 0 saturated carbocycles. The van der Waals surface area contributed by atoms with E-state index in [0.29, 0.717) is 41.0 Å². The van der Waals surface area contributed by atoms with Crippen LogP contribution in [0.4, 0.5) is 0 Å². The summed E-state index contributed by atoms with van der Waals surface area (Å²) in [7, 11) is 1.50. The summed E-state index contributed by atoms with van der Waals surface area (Å²) in [6, 6.07) is 12.8. The number of ether oxygens (including phenoxy) is 2. The first kappa shape index (κ1) is 17.8. The van der Waals surface area contributed by atoms with Crippen molar-refractivity contribution in [1.82, 2.24) is 15.0 Å². The number of aromatic nitrogens is 3. The predicted octanol–water partition coefficient (Wildman–Crippen LogP) is 2.99. The summed E-state index contributed by atoms with van der Waals surface area (Å²) in [5.74, 6) is 0.0945. The molecule has 0 saturated heterocycles. The lowest BCUT2D eigenvalue weighted by molar-refractivity contribution is -0.00589. The number of hydrogen-bond donors (Lipinski definition) is 0. The van der Waals surface area contributed by atoms with Crippen LogP contribution in [0.2, 0.25) is 0 Å². The predicted molar refractivity (Wildman–Crippen MR) is 105 cm³/mol. The SMILES string of the molecule is COc1cccc2c1C(=O)C1=C(C[C@H](Cn3nnc4ccccc43)O[C@@H]1C)C2=O. The van der Waals surface area contributed by atoms with E-state index in [-0.39, 0.29) is 17.7 Å². The second-order valence-corrected chi connectivity index (χ2v) is 7.30. The monoisotopic (exact) mass is 389 g/mol. The Labute approximate surface area is 166 Å². The zero-order chi connectivity index (χ0) is 20.1. The molecule has 0 unspecified atom stereocenters. The molecule has 5 rings (SSSR count). The molecule has 2 aliphatic rings. The Balaban J connectivity index is 1.50. The van der Waals surface area contributed by atoms with Crippen LogP contribution >= 0.6 is 0 Å². The Kier molecular flexibility index (Phi) is 4.06. The maximum absolute atomic E-state index is 13.2. The largest absolute Gasteiger partial charge is 0.496 e. The van der Waals surface area contributed by atoms with Crippen LogP contribution in [-0.2, 0) is 11.3 Å². The van der Waals surface area contributed by atoms with Gasteiger partial charge in [-0.3, -0.25) is 9.59 Å². The second kappa shape index (κ2) is 6.63. The van der Waals surface area contributed by atoms with Gasteiger partial charge < -0.3 is 9.47 Å². The van der Waals surface area contributed by atoms with Crippen molar-refractivity contribution in [2.24, 2.45) is 0 Å². The zero-order valence-electron chi connectivity index (χ0n) is 16.1. The summed E-state index contributed by atoms with van der Waals surface area (Å²) in [4.78, 5) is 26.4. The molecular weight excluding hydrogens is 370 g/mol. The molecule has 0 N–H and O–H groups in total. The van der Waals surface area contributed by atoms with Crippen LogP contribution in [0.25, 0.3) is 11.0 Å². The lowest BCUT2D eigenvalue weighted by atomic mass is 9.78. The Morgan fingerprint density at radius 2 is 1.97 bits per heavy atom. The Bertz CT molecular complexity index is 1190. The van der Waals surface area contributed by atoms with Gasteiger partial charge in [-0.05, 0) is 25.1 Å². The highest BCUT2D eigenvalue weighted by Gasteiger charge is 2.41. The molecule has 0 amide bonds. The van der Waals surface area contributed by atoms with Crippen LogP contribution < -0.4 is 4.74 Å². The Morgan fingerprint density at radius 1 is 1.14 bits per heavy atom. The van der Waals surface area contributed by atoms with Gasteiger partial charge in [0.25, 0.3) is 0 Å². The fourth-order valence-electron chi connectivity index (χ4n) is 4.30. The molecule has 1 aliphatic heterocycles. The Morgan fingerprint density at radius 3 is 2.79 bits per heavy atom. The van der Waals surface area contributed by atoms with E-state index in [2.05, 4.69) is 10.3 Å². The van der Waals surface area contributed by atoms with E-state index in [9.17, 15) is 9.59 Å². The average molecular weight is 389 g/mol. The first-order valence-corrected chi connectivity index (χ1v) is 9.51. The van der Waals surface area contributed by atoms with Gasteiger partial charge in [-0.25, -0.2) is 4.68 Å². The van der Waals surface area contributed by atoms with Crippen molar-refractivity contribution in [2.75, 3.05) is 7.11 Å². The smallest absolute Gasteiger partial charge is 0.196 e. The zero-order valence-corrected chi connectivity index (χ0v) is 16.1. The molecular formula is C22H19N3O4. The minimum atomic E-state index is -0.493. The summed E-state index contributed by atoms with van der Waals surface area (Å²) in [5.41, 5.74) is 3.41. The summed E-state index contributed by atoms with van der Waals surface area (Å²) >= 11 is 0. The van der Waals surface area contributed by atoms with E-state index in [1.54, 1.807) is 22.9 Å². The number of nitrogens with zero attached hydrogens (tertiary/aromatic N) is 3. The van der Waals surface area contributed by atoms with Crippen molar-refractivity contribution < 1.29 is 19.1 Å². The van der Waals surface area contributed by atoms with Gasteiger partial charge in [-0.1, -0.05) is 29.5 Å². The van der Waals surface area contributed by atoms with Crippen LogP contribution in [0.3, 0.4) is 0 Å². The quantitative estimate of drug-likeness (QED) is 0.685. The molecule has 3 aromatic rings. The number of rotatable bonds is 3. The number of benzene rings is 2. The number of methoxy groups -OCH3 is 1. The van der Waals surface area contributed by atoms with E-state index in [4.69, 9.17) is 9.47 Å². The fraction of sp³-hybridized carbons (Fsp3) is 0.273. The van der Waals surface area contributed by atoms with Gasteiger partial charge in [0.1, 0.15) is 11.3 Å². The number of para-hydroxylation sites is 1. The van der Waals surface area contributed by atoms with Crippen LogP contribution in [0.1, 0.15) is 34.1 Å². The van der Waals surface area contributed by atoms with Crippen molar-refractivity contribution in [3.8, 4) is 5.75 Å². The third kappa shape index (κ3) is 2.69. The lowest BCUT2D eigenvalue weighted by Gasteiger charge is -2.34. The van der Waals surface area contributed by atoms with Crippen molar-refractivity contribution in [3.05, 3.63) is 64.7 Å². The van der Waals surface area contributed by atoms with Crippen molar-refractivity contribution in [3.63, 3.8) is 0 Å². The molecule has 1 aromatic heterocycles. The molecule has 0 bridgehead atoms. The number of carbonyl (C=O) groups excluding carboxylic acids is 2. The van der Waals surface area contributed by atoms with E-state index >= 15 is 0 Å². The minimum absolute atomic E-state index is 0.128. The number of carbonyl (C=O) groups is 2. The van der Waals surface area contributed by atoms with Crippen LogP contribution in [0.15, 0.2) is 53.6 Å². The Hall–Kier alpha value is -3.32. The second-order valence-electron chi connectivity index (χ2n) is 7.30. The first-order valence-electron chi connectivity index (χ1n) is 9.51. The number of Topliss-reactive ketones (excluding diaryl/α,β-unsaturated/α-hetero) is 2. The van der Waals surface area contributed by atoms with E-state index in [0.717, 1.165) is 11.0 Å². The summed E-state index contributed by atoms with van der Waals surface area (Å²) < 4.78 is 13.2. The van der Waals surface area contributed by atoms with Crippen LogP contribution in [0.5, 0.6) is 5.75 Å². The summed E-state index contributed by atoms with van der Waals surface area (Å²) in [6.07, 6.45) is -0.416. The maximum Gasteiger partial charge on any atom is 0.196 e. The normalized spacial score (nSPS) is 21.3. The highest BCUT2D eigenvalue weighted by Crippen LogP contribution is 2.39. The molecule has 0 radical (unpaired) electrons. The molecule has 29 heavy (non-hydrogen) atoms. The van der Waals surface area contributed by atoms with E-state index in [1.807, 2.05) is 31.2 Å². The molecule has 7 nitrogen and oxygen atoms in total. The molecule has 0 spiro atoms. The molecule has 146 valence electrons. The molecule has 0 fully saturated rings. The average Bonchev–Trinajstić information content (AvgIpc) is 3.14. The molecule has 2 aromatic carbocycles. The maximum atomic E-state index is 13.2. The summed E-state index contributed by atoms with van der Waals surface area (Å²) in [5, 5.41) is 8.38. The third-order valence-electron chi connectivity index (χ3n) is 5.59. The van der Waals surface area contributed by atoms with Gasteiger partial charge in [-0.15, -0.1) is 5.10 Å². The summed E-state index contributed by atoms with van der Waals surface area (Å²) in [6.45, 7) is 2.26. The van der Waals surface area contributed by atoms with Gasteiger partial charge in [0.05, 0.1) is 36.9 Å². The van der Waals surface area contributed by atoms with Gasteiger partial charge >= 0.3 is 0 Å². The molecule has 2 atom stereocenters. The van der Waals surface area contributed by atoms with Gasteiger partial charge in [0, 0.05) is 23.1 Å². The number of hydrogen-bond acceptors (Lipinski definition) is 6. The molecule has 2 heterocycles. The van der Waals surface area contributed by atoms with Crippen molar-refractivity contribution in [1.29, 1.82) is 0 Å². The third-order valence-corrected chi connectivity index (χ3v) is 5.59.